The van der Waals surface area contributed by atoms with E-state index >= 15 is 0 Å². The molecule has 0 bridgehead atoms. The number of nitrogen functional groups attached to an aromatic ring is 1. The van der Waals surface area contributed by atoms with Crippen LogP contribution in [0.25, 0.3) is 0 Å². The summed E-state index contributed by atoms with van der Waals surface area (Å²) in [5, 5.41) is 6.49. The molecular formula is C11H13ClN6O2. The zero-order valence-corrected chi connectivity index (χ0v) is 11.7. The molecule has 0 aliphatic heterocycles. The maximum absolute atomic E-state index is 11.8. The van der Waals surface area contributed by atoms with Crippen LogP contribution in [0.3, 0.4) is 0 Å². The van der Waals surface area contributed by atoms with E-state index in [1.54, 1.807) is 24.9 Å². The first-order valence-corrected chi connectivity index (χ1v) is 6.06. The molecule has 0 radical (unpaired) electrons. The van der Waals surface area contributed by atoms with E-state index in [1.165, 1.54) is 6.07 Å². The minimum Gasteiger partial charge on any atom is -0.368 e. The number of halogens is 1. The zero-order valence-electron chi connectivity index (χ0n) is 10.9. The van der Waals surface area contributed by atoms with Crippen molar-refractivity contribution in [2.75, 3.05) is 29.5 Å². The lowest BCUT2D eigenvalue weighted by Crippen LogP contribution is -2.30. The number of aromatic nitrogens is 3. The van der Waals surface area contributed by atoms with Gasteiger partial charge in [-0.05, 0) is 6.92 Å². The molecular weight excluding hydrogens is 284 g/mol. The van der Waals surface area contributed by atoms with Crippen LogP contribution in [0.15, 0.2) is 16.7 Å². The average Bonchev–Trinajstić information content (AvgIpc) is 2.73. The Hall–Kier alpha value is -2.35. The number of anilines is 3. The number of nitrogens with two attached hydrogens (primary N) is 1. The quantitative estimate of drug-likeness (QED) is 0.812. The zero-order chi connectivity index (χ0) is 14.7. The molecule has 20 heavy (non-hydrogen) atoms. The summed E-state index contributed by atoms with van der Waals surface area (Å²) >= 11 is 5.78. The van der Waals surface area contributed by atoms with E-state index in [4.69, 9.17) is 21.9 Å². The Bertz CT molecular complexity index is 609. The van der Waals surface area contributed by atoms with Gasteiger partial charge in [0.15, 0.2) is 5.82 Å². The highest BCUT2D eigenvalue weighted by molar-refractivity contribution is 6.29. The van der Waals surface area contributed by atoms with E-state index in [2.05, 4.69) is 20.4 Å². The standard InChI is InChI=1S/C11H13ClN6O2/c1-6-3-8(17-20-6)15-10(19)5-18(2)9-4-7(12)14-11(13)16-9/h3-4H,5H2,1-2H3,(H2,13,14,16)(H,15,17,19). The van der Waals surface area contributed by atoms with Crippen molar-refractivity contribution in [3.8, 4) is 0 Å². The Morgan fingerprint density at radius 3 is 2.85 bits per heavy atom. The lowest BCUT2D eigenvalue weighted by atomic mass is 10.4. The molecule has 2 rings (SSSR count). The highest BCUT2D eigenvalue weighted by Crippen LogP contribution is 2.15. The largest absolute Gasteiger partial charge is 0.368 e. The third-order valence-electron chi connectivity index (χ3n) is 2.37. The third kappa shape index (κ3) is 3.58. The third-order valence-corrected chi connectivity index (χ3v) is 2.56. The first kappa shape index (κ1) is 14.1. The summed E-state index contributed by atoms with van der Waals surface area (Å²) in [6.07, 6.45) is 0. The van der Waals surface area contributed by atoms with E-state index in [0.29, 0.717) is 17.4 Å². The lowest BCUT2D eigenvalue weighted by molar-refractivity contribution is -0.115. The fraction of sp³-hybridized carbons (Fsp3) is 0.273. The van der Waals surface area contributed by atoms with Crippen molar-refractivity contribution in [2.45, 2.75) is 6.92 Å². The van der Waals surface area contributed by atoms with Crippen LogP contribution in [0.5, 0.6) is 0 Å². The minimum atomic E-state index is -0.269. The van der Waals surface area contributed by atoms with Gasteiger partial charge in [0.1, 0.15) is 16.7 Å². The number of likely N-dealkylation sites (N-methyl/N-ethyl adjacent to an activating group) is 1. The number of carbonyl (C=O) groups is 1. The summed E-state index contributed by atoms with van der Waals surface area (Å²) in [5.41, 5.74) is 5.50. The second-order valence-corrected chi connectivity index (χ2v) is 4.52. The van der Waals surface area contributed by atoms with Crippen LogP contribution in [0.1, 0.15) is 5.76 Å². The molecule has 0 unspecified atom stereocenters. The van der Waals surface area contributed by atoms with Gasteiger partial charge in [0.25, 0.3) is 0 Å². The van der Waals surface area contributed by atoms with Crippen molar-refractivity contribution in [3.05, 3.63) is 23.0 Å². The highest BCUT2D eigenvalue weighted by atomic mass is 35.5. The van der Waals surface area contributed by atoms with Gasteiger partial charge in [-0.15, -0.1) is 0 Å². The summed E-state index contributed by atoms with van der Waals surface area (Å²) in [6.45, 7) is 1.79. The molecule has 106 valence electrons. The normalized spacial score (nSPS) is 10.3. The van der Waals surface area contributed by atoms with Gasteiger partial charge in [-0.1, -0.05) is 16.8 Å². The van der Waals surface area contributed by atoms with Crippen LogP contribution in [0.4, 0.5) is 17.6 Å². The second kappa shape index (κ2) is 5.74. The molecule has 0 atom stereocenters. The number of rotatable bonds is 4. The topological polar surface area (TPSA) is 110 Å². The molecule has 0 spiro atoms. The van der Waals surface area contributed by atoms with Gasteiger partial charge < -0.3 is 20.5 Å². The summed E-state index contributed by atoms with van der Waals surface area (Å²) in [4.78, 5) is 21.2. The van der Waals surface area contributed by atoms with E-state index in [0.717, 1.165) is 0 Å². The monoisotopic (exact) mass is 296 g/mol. The lowest BCUT2D eigenvalue weighted by Gasteiger charge is -2.17. The van der Waals surface area contributed by atoms with Crippen molar-refractivity contribution in [1.82, 2.24) is 15.1 Å². The van der Waals surface area contributed by atoms with Gasteiger partial charge in [0, 0.05) is 19.2 Å². The van der Waals surface area contributed by atoms with Crippen LogP contribution in [-0.4, -0.2) is 34.6 Å². The van der Waals surface area contributed by atoms with E-state index in [1.807, 2.05) is 0 Å². The van der Waals surface area contributed by atoms with E-state index < -0.39 is 0 Å². The van der Waals surface area contributed by atoms with Gasteiger partial charge >= 0.3 is 0 Å². The predicted octanol–water partition coefficient (Wildman–Crippen LogP) is 1.08. The van der Waals surface area contributed by atoms with Gasteiger partial charge in [0.05, 0.1) is 6.54 Å². The summed E-state index contributed by atoms with van der Waals surface area (Å²) in [7, 11) is 1.69. The first-order valence-electron chi connectivity index (χ1n) is 5.68. The van der Waals surface area contributed by atoms with Crippen molar-refractivity contribution in [3.63, 3.8) is 0 Å². The van der Waals surface area contributed by atoms with Gasteiger partial charge in [-0.25, -0.2) is 4.98 Å². The SMILES string of the molecule is Cc1cc(NC(=O)CN(C)c2cc(Cl)nc(N)n2)no1. The smallest absolute Gasteiger partial charge is 0.245 e. The van der Waals surface area contributed by atoms with Gasteiger partial charge in [-0.2, -0.15) is 4.98 Å². The molecule has 2 heterocycles. The molecule has 0 saturated heterocycles. The number of nitrogens with one attached hydrogen (secondary N) is 1. The Labute approximate surface area is 119 Å². The number of nitrogens with zero attached hydrogens (tertiary/aromatic N) is 4. The number of hydrogen-bond acceptors (Lipinski definition) is 7. The van der Waals surface area contributed by atoms with Crippen molar-refractivity contribution in [1.29, 1.82) is 0 Å². The Morgan fingerprint density at radius 1 is 1.50 bits per heavy atom. The fourth-order valence-corrected chi connectivity index (χ4v) is 1.71. The second-order valence-electron chi connectivity index (χ2n) is 4.13. The van der Waals surface area contributed by atoms with Crippen LogP contribution >= 0.6 is 11.6 Å². The summed E-state index contributed by atoms with van der Waals surface area (Å²) < 4.78 is 4.85. The molecule has 0 aromatic carbocycles. The predicted molar refractivity (Wildman–Crippen MR) is 74.6 cm³/mol. The molecule has 2 aromatic heterocycles. The molecule has 9 heteroatoms. The number of hydrogen-bond donors (Lipinski definition) is 2. The van der Waals surface area contributed by atoms with Gasteiger partial charge in [-0.3, -0.25) is 4.79 Å². The highest BCUT2D eigenvalue weighted by Gasteiger charge is 2.12. The van der Waals surface area contributed by atoms with E-state index in [9.17, 15) is 4.79 Å². The molecule has 2 aromatic rings. The maximum Gasteiger partial charge on any atom is 0.245 e. The number of carbonyl (C=O) groups excluding carboxylic acids is 1. The molecule has 0 aliphatic carbocycles. The number of aryl methyl sites for hydroxylation is 1. The Kier molecular flexibility index (Phi) is 4.04. The summed E-state index contributed by atoms with van der Waals surface area (Å²) in [6, 6.07) is 3.14. The molecule has 8 nitrogen and oxygen atoms in total. The van der Waals surface area contributed by atoms with Crippen LogP contribution in [0.2, 0.25) is 5.15 Å². The van der Waals surface area contributed by atoms with Crippen molar-refractivity contribution >= 4 is 35.1 Å². The minimum absolute atomic E-state index is 0.0480. The van der Waals surface area contributed by atoms with Crippen molar-refractivity contribution < 1.29 is 9.32 Å². The Balaban J connectivity index is 2.00. The number of amides is 1. The molecule has 0 fully saturated rings. The van der Waals surface area contributed by atoms with Crippen LogP contribution in [-0.2, 0) is 4.79 Å². The Morgan fingerprint density at radius 2 is 2.25 bits per heavy atom. The average molecular weight is 297 g/mol. The van der Waals surface area contributed by atoms with Gasteiger partial charge in [0.2, 0.25) is 11.9 Å². The molecule has 0 aliphatic rings. The van der Waals surface area contributed by atoms with Crippen molar-refractivity contribution in [2.24, 2.45) is 0 Å². The van der Waals surface area contributed by atoms with Crippen LogP contribution in [0, 0.1) is 6.92 Å². The van der Waals surface area contributed by atoms with E-state index in [-0.39, 0.29) is 23.6 Å². The maximum atomic E-state index is 11.8. The molecule has 0 saturated carbocycles. The molecule has 3 N–H and O–H groups in total. The summed E-state index contributed by atoms with van der Waals surface area (Å²) in [5.74, 6) is 1.21. The molecule has 1 amide bonds. The first-order chi connectivity index (χ1) is 9.44. The fourth-order valence-electron chi connectivity index (χ4n) is 1.52. The van der Waals surface area contributed by atoms with Crippen LogP contribution < -0.4 is 16.0 Å².